The van der Waals surface area contributed by atoms with Gasteiger partial charge in [-0.2, -0.15) is 13.2 Å². The zero-order valence-corrected chi connectivity index (χ0v) is 49.1. The molecule has 434 valence electrons. The maximum Gasteiger partial charge on any atom is 0.417 e. The van der Waals surface area contributed by atoms with Gasteiger partial charge in [0.25, 0.3) is 0 Å². The first kappa shape index (κ1) is 55.0. The molecular formula is C82H50F3N7. The Balaban J connectivity index is 0.965. The summed E-state index contributed by atoms with van der Waals surface area (Å²) in [5, 5.41) is 3.49. The van der Waals surface area contributed by atoms with Gasteiger partial charge in [-0.05, 0) is 165 Å². The van der Waals surface area contributed by atoms with Crippen molar-refractivity contribution in [1.29, 1.82) is 0 Å². The monoisotopic (exact) mass is 1190 g/mol. The lowest BCUT2D eigenvalue weighted by atomic mass is 9.95. The van der Waals surface area contributed by atoms with Crippen molar-refractivity contribution in [2.45, 2.75) is 6.18 Å². The van der Waals surface area contributed by atoms with E-state index >= 15 is 13.2 Å². The van der Waals surface area contributed by atoms with Gasteiger partial charge in [0.05, 0.1) is 68.4 Å². The number of benzene rings is 10. The molecule has 10 aromatic carbocycles. The molecule has 0 atom stereocenters. The molecule has 0 aliphatic rings. The van der Waals surface area contributed by atoms with Gasteiger partial charge >= 0.3 is 6.18 Å². The first-order chi connectivity index (χ1) is 45.2. The summed E-state index contributed by atoms with van der Waals surface area (Å²) in [5.74, 6) is 0. The van der Waals surface area contributed by atoms with Crippen molar-refractivity contribution in [2.75, 3.05) is 0 Å². The van der Waals surface area contributed by atoms with Crippen LogP contribution < -0.4 is 0 Å². The minimum Gasteiger partial charge on any atom is -0.319 e. The zero-order chi connectivity index (χ0) is 61.9. The molecule has 0 saturated carbocycles. The van der Waals surface area contributed by atoms with Gasteiger partial charge in [0.1, 0.15) is 0 Å². The van der Waals surface area contributed by atoms with Gasteiger partial charge in [0.15, 0.2) is 0 Å². The topological polar surface area (TPSA) is 65.8 Å². The molecule has 7 nitrogen and oxygen atoms in total. The molecule has 16 rings (SSSR count). The maximum absolute atomic E-state index is 15.7. The number of pyridine rings is 4. The molecule has 0 unspecified atom stereocenters. The van der Waals surface area contributed by atoms with Crippen LogP contribution in [0.5, 0.6) is 0 Å². The van der Waals surface area contributed by atoms with Crippen molar-refractivity contribution in [1.82, 2.24) is 29.1 Å². The highest BCUT2D eigenvalue weighted by Gasteiger charge is 2.35. The average Bonchev–Trinajstić information content (AvgIpc) is 1.54. The fraction of sp³-hybridized carbons (Fsp3) is 0.0122. The Morgan fingerprint density at radius 1 is 0.293 bits per heavy atom. The van der Waals surface area contributed by atoms with Crippen LogP contribution in [0.2, 0.25) is 0 Å². The van der Waals surface area contributed by atoms with Gasteiger partial charge in [0.2, 0.25) is 5.69 Å². The predicted molar refractivity (Wildman–Crippen MR) is 366 cm³/mol. The summed E-state index contributed by atoms with van der Waals surface area (Å²) >= 11 is 0. The van der Waals surface area contributed by atoms with Crippen LogP contribution in [0, 0.1) is 6.57 Å². The molecule has 6 aromatic heterocycles. The second-order valence-electron chi connectivity index (χ2n) is 22.8. The third-order valence-corrected chi connectivity index (χ3v) is 17.4. The Kier molecular flexibility index (Phi) is 13.6. The molecular weight excluding hydrogens is 1140 g/mol. The van der Waals surface area contributed by atoms with E-state index in [2.05, 4.69) is 82.2 Å². The Morgan fingerprint density at radius 3 is 0.946 bits per heavy atom. The number of fused-ring (bicyclic) bond motifs is 6. The molecule has 10 heteroatoms. The summed E-state index contributed by atoms with van der Waals surface area (Å²) < 4.78 is 51.1. The predicted octanol–water partition coefficient (Wildman–Crippen LogP) is 22.0. The first-order valence-corrected chi connectivity index (χ1v) is 30.2. The smallest absolute Gasteiger partial charge is 0.319 e. The molecule has 0 aliphatic carbocycles. The van der Waals surface area contributed by atoms with Crippen LogP contribution in [0.15, 0.2) is 304 Å². The summed E-state index contributed by atoms with van der Waals surface area (Å²) in [6.45, 7) is 9.50. The number of hydrogen-bond acceptors (Lipinski definition) is 4. The Morgan fingerprint density at radius 2 is 0.609 bits per heavy atom. The summed E-state index contributed by atoms with van der Waals surface area (Å²) in [4.78, 5) is 23.5. The summed E-state index contributed by atoms with van der Waals surface area (Å²) in [7, 11) is 0. The second-order valence-corrected chi connectivity index (χ2v) is 22.8. The van der Waals surface area contributed by atoms with Gasteiger partial charge in [-0.25, -0.2) is 4.85 Å². The Bertz CT molecular complexity index is 5300. The largest absolute Gasteiger partial charge is 0.417 e. The SMILES string of the molecule is [C-]#[N+]c1c(-n2c3ccc(-c4ccnc(-c5ccccc5)c4)cc3c3cc(-c4ccnc(-c5ccccc5)c4)ccc32)ccc(-c2ccccc2C(F)(F)F)c1-n1c2ccc(-c3ccnc(-c4ccccc4)c3)cc2c2cc(-c3ccnc(-c4ccccc4)c3)ccc21. The van der Waals surface area contributed by atoms with Gasteiger partial charge < -0.3 is 9.13 Å². The van der Waals surface area contributed by atoms with Gasteiger partial charge in [0, 0.05) is 68.6 Å². The number of rotatable bonds is 11. The van der Waals surface area contributed by atoms with E-state index in [1.54, 1.807) is 12.1 Å². The van der Waals surface area contributed by atoms with E-state index in [9.17, 15) is 6.57 Å². The fourth-order valence-electron chi connectivity index (χ4n) is 13.0. The normalized spacial score (nSPS) is 11.6. The molecule has 0 fully saturated rings. The minimum atomic E-state index is -4.74. The number of hydrogen-bond donors (Lipinski definition) is 0. The van der Waals surface area contributed by atoms with E-state index in [0.29, 0.717) is 22.4 Å². The molecule has 16 aromatic rings. The van der Waals surface area contributed by atoms with E-state index in [-0.39, 0.29) is 16.8 Å². The Labute approximate surface area is 527 Å². The first-order valence-electron chi connectivity index (χ1n) is 30.2. The summed E-state index contributed by atoms with van der Waals surface area (Å²) in [6, 6.07) is 91.0. The lowest BCUT2D eigenvalue weighted by Crippen LogP contribution is -2.09. The molecule has 6 heterocycles. The Hall–Kier alpha value is -12.3. The third kappa shape index (κ3) is 9.82. The van der Waals surface area contributed by atoms with E-state index in [1.807, 2.05) is 205 Å². The number of nitrogens with zero attached hydrogens (tertiary/aromatic N) is 7. The van der Waals surface area contributed by atoms with Crippen LogP contribution in [0.25, 0.3) is 160 Å². The highest BCUT2D eigenvalue weighted by molar-refractivity contribution is 6.15. The molecule has 92 heavy (non-hydrogen) atoms. The summed E-state index contributed by atoms with van der Waals surface area (Å²) in [5.41, 5.74) is 18.1. The van der Waals surface area contributed by atoms with E-state index in [4.69, 9.17) is 19.9 Å². The van der Waals surface area contributed by atoms with Crippen molar-refractivity contribution in [2.24, 2.45) is 0 Å². The molecule has 0 bridgehead atoms. The molecule has 0 spiro atoms. The lowest BCUT2D eigenvalue weighted by molar-refractivity contribution is -0.137. The fourth-order valence-corrected chi connectivity index (χ4v) is 13.0. The third-order valence-electron chi connectivity index (χ3n) is 17.4. The van der Waals surface area contributed by atoms with E-state index in [1.165, 1.54) is 12.1 Å². The van der Waals surface area contributed by atoms with Crippen LogP contribution >= 0.6 is 0 Å². The van der Waals surface area contributed by atoms with Crippen LogP contribution in [-0.4, -0.2) is 29.1 Å². The molecule has 0 radical (unpaired) electrons. The molecule has 0 N–H and O–H groups in total. The van der Waals surface area contributed by atoms with Crippen molar-refractivity contribution in [3.63, 3.8) is 0 Å². The van der Waals surface area contributed by atoms with Gasteiger partial charge in [-0.1, -0.05) is 170 Å². The molecule has 0 saturated heterocycles. The van der Waals surface area contributed by atoms with Crippen LogP contribution in [-0.2, 0) is 6.18 Å². The van der Waals surface area contributed by atoms with Crippen molar-refractivity contribution in [3.8, 4) is 112 Å². The maximum atomic E-state index is 15.7. The van der Waals surface area contributed by atoms with E-state index < -0.39 is 11.7 Å². The number of aromatic nitrogens is 6. The average molecular weight is 1190 g/mol. The van der Waals surface area contributed by atoms with Gasteiger partial charge in [-0.3, -0.25) is 19.9 Å². The molecule has 0 aliphatic heterocycles. The number of halogens is 3. The van der Waals surface area contributed by atoms with E-state index in [0.717, 1.165) is 128 Å². The zero-order valence-electron chi connectivity index (χ0n) is 49.1. The van der Waals surface area contributed by atoms with Gasteiger partial charge in [-0.15, -0.1) is 0 Å². The highest BCUT2D eigenvalue weighted by Crippen LogP contribution is 2.50. The minimum absolute atomic E-state index is 0.0545. The van der Waals surface area contributed by atoms with Crippen molar-refractivity contribution < 1.29 is 13.2 Å². The van der Waals surface area contributed by atoms with Crippen molar-refractivity contribution >= 4 is 49.3 Å². The standard InChI is InChI=1S/C82H50F3N7/c1-86-80-79(91-75-31-26-56(60-36-40-87-71(48-60)52-16-6-2-7-17-52)44-66(75)67-45-57(27-32-76(67)91)61-37-41-88-72(49-61)53-18-8-3-9-19-53)35-30-65(64-24-14-15-25-70(64)82(83,84)85)81(80)92-77-33-28-58(62-38-42-89-73(50-62)54-20-10-4-11-21-54)46-68(77)69-47-59(29-34-78(69)92)63-39-43-90-74(51-63)55-22-12-5-13-23-55/h2-51H. The number of alkyl halides is 3. The highest BCUT2D eigenvalue weighted by atomic mass is 19.4. The van der Waals surface area contributed by atoms with Crippen molar-refractivity contribution in [3.05, 3.63) is 321 Å². The second kappa shape index (κ2) is 22.7. The van der Waals surface area contributed by atoms with Crippen LogP contribution in [0.1, 0.15) is 5.56 Å². The van der Waals surface area contributed by atoms with Crippen LogP contribution in [0.3, 0.4) is 0 Å². The van der Waals surface area contributed by atoms with Crippen LogP contribution in [0.4, 0.5) is 18.9 Å². The summed E-state index contributed by atoms with van der Waals surface area (Å²) in [6.07, 6.45) is 2.55. The lowest BCUT2D eigenvalue weighted by Gasteiger charge is -2.22. The molecule has 0 amide bonds. The quantitative estimate of drug-likeness (QED) is 0.121.